The first-order valence-electron chi connectivity index (χ1n) is 10.5. The highest BCUT2D eigenvalue weighted by Crippen LogP contribution is 2.11. The summed E-state index contributed by atoms with van der Waals surface area (Å²) >= 11 is 0. The van der Waals surface area contributed by atoms with E-state index in [-0.39, 0.29) is 42.2 Å². The van der Waals surface area contributed by atoms with Gasteiger partial charge in [-0.1, -0.05) is 13.3 Å². The molecule has 3 N–H and O–H groups in total. The molecule has 0 bridgehead atoms. The van der Waals surface area contributed by atoms with Crippen molar-refractivity contribution >= 4 is 36.0 Å². The van der Waals surface area contributed by atoms with E-state index in [9.17, 15) is 4.79 Å². The molecule has 0 saturated carbocycles. The number of carbonyl (C=O) groups excluding carboxylic acids is 1. The van der Waals surface area contributed by atoms with Crippen LogP contribution < -0.4 is 16.0 Å². The highest BCUT2D eigenvalue weighted by molar-refractivity contribution is 14.0. The van der Waals surface area contributed by atoms with Crippen LogP contribution in [0.15, 0.2) is 4.99 Å². The maximum atomic E-state index is 12.0. The Morgan fingerprint density at radius 2 is 2.07 bits per heavy atom. The van der Waals surface area contributed by atoms with Gasteiger partial charge in [0.1, 0.15) is 5.60 Å². The molecule has 2 unspecified atom stereocenters. The second kappa shape index (κ2) is 16.0. The lowest BCUT2D eigenvalue weighted by atomic mass is 10.1. The lowest BCUT2D eigenvalue weighted by Gasteiger charge is -2.24. The number of carbonyl (C=O) groups is 1. The van der Waals surface area contributed by atoms with Crippen LogP contribution in [-0.2, 0) is 14.2 Å². The first-order valence-corrected chi connectivity index (χ1v) is 10.5. The summed E-state index contributed by atoms with van der Waals surface area (Å²) < 4.78 is 16.5. The van der Waals surface area contributed by atoms with E-state index in [1.54, 1.807) is 7.05 Å². The molecule has 1 rings (SSSR count). The van der Waals surface area contributed by atoms with E-state index in [1.165, 1.54) is 0 Å². The Morgan fingerprint density at radius 3 is 2.66 bits per heavy atom. The van der Waals surface area contributed by atoms with Crippen LogP contribution in [-0.4, -0.2) is 69.8 Å². The zero-order chi connectivity index (χ0) is 20.8. The SMILES string of the molecule is CCCC(CNC(=NC)NCCCOCC1CCCO1)NC(=O)OC(C)(C)C.I. The fraction of sp³-hybridized carbons (Fsp3) is 0.900. The normalized spacial score (nSPS) is 18.0. The molecule has 172 valence electrons. The van der Waals surface area contributed by atoms with Gasteiger partial charge in [0.15, 0.2) is 5.96 Å². The predicted octanol–water partition coefficient (Wildman–Crippen LogP) is 3.05. The minimum Gasteiger partial charge on any atom is -0.444 e. The lowest BCUT2D eigenvalue weighted by molar-refractivity contribution is 0.0168. The molecule has 0 aromatic heterocycles. The number of guanidine groups is 1. The average Bonchev–Trinajstić information content (AvgIpc) is 3.12. The standard InChI is InChI=1S/C20H40N4O4.HI/c1-6-9-16(24-19(25)28-20(2,3)4)14-23-18(21-5)22-11-8-12-26-15-17-10-7-13-27-17;/h16-17H,6-15H2,1-5H3,(H,24,25)(H2,21,22,23);1H. The molecule has 1 amide bonds. The van der Waals surface area contributed by atoms with Gasteiger partial charge in [-0.15, -0.1) is 24.0 Å². The van der Waals surface area contributed by atoms with Crippen molar-refractivity contribution in [1.82, 2.24) is 16.0 Å². The van der Waals surface area contributed by atoms with Crippen LogP contribution in [0.25, 0.3) is 0 Å². The molecule has 0 aromatic carbocycles. The predicted molar refractivity (Wildman–Crippen MR) is 127 cm³/mol. The molecule has 1 saturated heterocycles. The molecule has 1 aliphatic heterocycles. The molecule has 0 radical (unpaired) electrons. The summed E-state index contributed by atoms with van der Waals surface area (Å²) in [6.45, 7) is 11.3. The highest BCUT2D eigenvalue weighted by Gasteiger charge is 2.19. The Hall–Kier alpha value is -0.810. The van der Waals surface area contributed by atoms with Crippen LogP contribution in [0.5, 0.6) is 0 Å². The fourth-order valence-corrected chi connectivity index (χ4v) is 2.86. The number of alkyl carbamates (subject to hydrolysis) is 1. The van der Waals surface area contributed by atoms with Gasteiger partial charge in [0.25, 0.3) is 0 Å². The van der Waals surface area contributed by atoms with Crippen molar-refractivity contribution in [3.8, 4) is 0 Å². The summed E-state index contributed by atoms with van der Waals surface area (Å²) in [5, 5.41) is 9.46. The number of aliphatic imine (C=N–C) groups is 1. The van der Waals surface area contributed by atoms with E-state index in [2.05, 4.69) is 27.9 Å². The van der Waals surface area contributed by atoms with Crippen LogP contribution in [0, 0.1) is 0 Å². The molecule has 0 aromatic rings. The molecule has 8 nitrogen and oxygen atoms in total. The number of amides is 1. The Balaban J connectivity index is 0.00000784. The molecule has 0 aliphatic carbocycles. The monoisotopic (exact) mass is 528 g/mol. The topological polar surface area (TPSA) is 93.2 Å². The summed E-state index contributed by atoms with van der Waals surface area (Å²) in [6.07, 6.45) is 4.85. The van der Waals surface area contributed by atoms with Crippen molar-refractivity contribution in [3.63, 3.8) is 0 Å². The molecule has 29 heavy (non-hydrogen) atoms. The summed E-state index contributed by atoms with van der Waals surface area (Å²) in [4.78, 5) is 16.2. The Morgan fingerprint density at radius 1 is 1.31 bits per heavy atom. The lowest BCUT2D eigenvalue weighted by Crippen LogP contribution is -2.48. The van der Waals surface area contributed by atoms with Crippen LogP contribution in [0.1, 0.15) is 59.8 Å². The number of nitrogens with zero attached hydrogens (tertiary/aromatic N) is 1. The van der Waals surface area contributed by atoms with E-state index in [1.807, 2.05) is 20.8 Å². The van der Waals surface area contributed by atoms with Crippen molar-refractivity contribution in [3.05, 3.63) is 0 Å². The van der Waals surface area contributed by atoms with Crippen molar-refractivity contribution < 1.29 is 19.0 Å². The van der Waals surface area contributed by atoms with E-state index in [0.29, 0.717) is 25.7 Å². The van der Waals surface area contributed by atoms with E-state index < -0.39 is 5.60 Å². The van der Waals surface area contributed by atoms with Gasteiger partial charge in [0.05, 0.1) is 12.7 Å². The van der Waals surface area contributed by atoms with Gasteiger partial charge in [-0.2, -0.15) is 0 Å². The van der Waals surface area contributed by atoms with Crippen LogP contribution in [0.3, 0.4) is 0 Å². The highest BCUT2D eigenvalue weighted by atomic mass is 127. The third kappa shape index (κ3) is 14.8. The molecule has 1 fully saturated rings. The summed E-state index contributed by atoms with van der Waals surface area (Å²) in [7, 11) is 1.74. The van der Waals surface area contributed by atoms with Gasteiger partial charge < -0.3 is 30.2 Å². The third-order valence-electron chi connectivity index (χ3n) is 4.18. The van der Waals surface area contributed by atoms with E-state index in [0.717, 1.165) is 45.3 Å². The molecule has 2 atom stereocenters. The van der Waals surface area contributed by atoms with Gasteiger partial charge in [0, 0.05) is 39.4 Å². The summed E-state index contributed by atoms with van der Waals surface area (Å²) in [5.41, 5.74) is -0.502. The average molecular weight is 528 g/mol. The number of hydrogen-bond donors (Lipinski definition) is 3. The maximum absolute atomic E-state index is 12.0. The Kier molecular flexibility index (Phi) is 15.5. The molecule has 1 aliphatic rings. The van der Waals surface area contributed by atoms with Crippen molar-refractivity contribution in [1.29, 1.82) is 0 Å². The minimum atomic E-state index is -0.502. The van der Waals surface area contributed by atoms with Crippen LogP contribution in [0.4, 0.5) is 4.79 Å². The molecule has 0 spiro atoms. The van der Waals surface area contributed by atoms with Crippen molar-refractivity contribution in [2.45, 2.75) is 77.5 Å². The number of hydrogen-bond acceptors (Lipinski definition) is 5. The third-order valence-corrected chi connectivity index (χ3v) is 4.18. The second-order valence-electron chi connectivity index (χ2n) is 8.08. The molecular weight excluding hydrogens is 487 g/mol. The number of nitrogens with one attached hydrogen (secondary N) is 3. The minimum absolute atomic E-state index is 0. The fourth-order valence-electron chi connectivity index (χ4n) is 2.86. The van der Waals surface area contributed by atoms with Gasteiger partial charge in [-0.05, 0) is 46.5 Å². The van der Waals surface area contributed by atoms with Crippen molar-refractivity contribution in [2.24, 2.45) is 4.99 Å². The first kappa shape index (κ1) is 28.2. The quantitative estimate of drug-likeness (QED) is 0.165. The zero-order valence-corrected chi connectivity index (χ0v) is 21.0. The number of halogens is 1. The van der Waals surface area contributed by atoms with E-state index in [4.69, 9.17) is 14.2 Å². The number of rotatable bonds is 11. The second-order valence-corrected chi connectivity index (χ2v) is 8.08. The molecular formula is C20H41IN4O4. The van der Waals surface area contributed by atoms with Crippen LogP contribution in [0.2, 0.25) is 0 Å². The Bertz CT molecular complexity index is 466. The van der Waals surface area contributed by atoms with Gasteiger partial charge in [-0.3, -0.25) is 4.99 Å². The first-order chi connectivity index (χ1) is 13.3. The van der Waals surface area contributed by atoms with Crippen molar-refractivity contribution in [2.75, 3.05) is 40.0 Å². The largest absolute Gasteiger partial charge is 0.444 e. The van der Waals surface area contributed by atoms with Gasteiger partial charge in [0.2, 0.25) is 0 Å². The summed E-state index contributed by atoms with van der Waals surface area (Å²) in [6, 6.07) is -0.0202. The van der Waals surface area contributed by atoms with E-state index >= 15 is 0 Å². The Labute approximate surface area is 193 Å². The number of ether oxygens (including phenoxy) is 3. The zero-order valence-electron chi connectivity index (χ0n) is 18.7. The molecule has 1 heterocycles. The summed E-state index contributed by atoms with van der Waals surface area (Å²) in [5.74, 6) is 0.714. The molecule has 9 heteroatoms. The van der Waals surface area contributed by atoms with Gasteiger partial charge >= 0.3 is 6.09 Å². The smallest absolute Gasteiger partial charge is 0.407 e. The maximum Gasteiger partial charge on any atom is 0.407 e. The van der Waals surface area contributed by atoms with Crippen LogP contribution >= 0.6 is 24.0 Å². The van der Waals surface area contributed by atoms with Gasteiger partial charge in [-0.25, -0.2) is 4.79 Å².